The average molecular weight is 176 g/mol. The van der Waals surface area contributed by atoms with Crippen LogP contribution in [0.25, 0.3) is 0 Å². The predicted molar refractivity (Wildman–Crippen MR) is 41.9 cm³/mol. The topological polar surface area (TPSA) is 9.23 Å². The summed E-state index contributed by atoms with van der Waals surface area (Å²) in [6.45, 7) is 0. The monoisotopic (exact) mass is 175 g/mol. The molecule has 3 heteroatoms. The summed E-state index contributed by atoms with van der Waals surface area (Å²) < 4.78 is 4.85. The van der Waals surface area contributed by atoms with Crippen LogP contribution >= 0.6 is 23.2 Å². The second-order valence-corrected chi connectivity index (χ2v) is 2.47. The lowest BCUT2D eigenvalue weighted by molar-refractivity contribution is 0.414. The van der Waals surface area contributed by atoms with Crippen molar-refractivity contribution >= 4 is 23.2 Å². The molecule has 0 aliphatic rings. The molecule has 1 rings (SSSR count). The van der Waals surface area contributed by atoms with Gasteiger partial charge in [-0.05, 0) is 12.1 Å². The van der Waals surface area contributed by atoms with E-state index in [9.17, 15) is 0 Å². The van der Waals surface area contributed by atoms with Crippen molar-refractivity contribution in [2.75, 3.05) is 7.11 Å². The SMILES string of the molecule is COc1[c]c(Cl)c(Cl)cc1. The molecule has 0 aliphatic heterocycles. The van der Waals surface area contributed by atoms with E-state index < -0.39 is 0 Å². The van der Waals surface area contributed by atoms with E-state index in [-0.39, 0.29) is 0 Å². The Morgan fingerprint density at radius 2 is 2.10 bits per heavy atom. The molecular weight excluding hydrogens is 171 g/mol. The first-order chi connectivity index (χ1) is 4.74. The van der Waals surface area contributed by atoms with E-state index in [2.05, 4.69) is 6.07 Å². The molecule has 1 aromatic rings. The fourth-order valence-electron chi connectivity index (χ4n) is 0.551. The van der Waals surface area contributed by atoms with Gasteiger partial charge in [0, 0.05) is 6.07 Å². The smallest absolute Gasteiger partial charge is 0.128 e. The van der Waals surface area contributed by atoms with Crippen molar-refractivity contribution < 1.29 is 4.74 Å². The van der Waals surface area contributed by atoms with Gasteiger partial charge in [-0.2, -0.15) is 0 Å². The van der Waals surface area contributed by atoms with Crippen molar-refractivity contribution in [2.45, 2.75) is 0 Å². The maximum absolute atomic E-state index is 5.63. The third-order valence-electron chi connectivity index (χ3n) is 1.04. The van der Waals surface area contributed by atoms with E-state index in [1.54, 1.807) is 19.2 Å². The van der Waals surface area contributed by atoms with Gasteiger partial charge >= 0.3 is 0 Å². The van der Waals surface area contributed by atoms with Crippen molar-refractivity contribution in [1.82, 2.24) is 0 Å². The molecule has 0 saturated carbocycles. The second kappa shape index (κ2) is 3.13. The van der Waals surface area contributed by atoms with E-state index in [0.29, 0.717) is 15.8 Å². The average Bonchev–Trinajstić information content (AvgIpc) is 1.95. The van der Waals surface area contributed by atoms with Crippen LogP contribution in [0.4, 0.5) is 0 Å². The van der Waals surface area contributed by atoms with Crippen LogP contribution in [-0.4, -0.2) is 7.11 Å². The van der Waals surface area contributed by atoms with E-state index in [0.717, 1.165) is 0 Å². The number of rotatable bonds is 1. The number of benzene rings is 1. The summed E-state index contributed by atoms with van der Waals surface area (Å²) in [5.74, 6) is 0.592. The minimum absolute atomic E-state index is 0.390. The molecule has 10 heavy (non-hydrogen) atoms. The molecule has 0 aliphatic carbocycles. The van der Waals surface area contributed by atoms with Crippen molar-refractivity contribution in [3.8, 4) is 5.75 Å². The zero-order chi connectivity index (χ0) is 7.56. The first-order valence-corrected chi connectivity index (χ1v) is 3.41. The van der Waals surface area contributed by atoms with Gasteiger partial charge in [0.25, 0.3) is 0 Å². The molecule has 0 atom stereocenters. The molecule has 0 heterocycles. The van der Waals surface area contributed by atoms with Gasteiger partial charge in [-0.25, -0.2) is 0 Å². The van der Waals surface area contributed by atoms with Crippen LogP contribution in [-0.2, 0) is 0 Å². The number of hydrogen-bond donors (Lipinski definition) is 0. The second-order valence-electron chi connectivity index (χ2n) is 1.69. The Bertz CT molecular complexity index is 235. The summed E-state index contributed by atoms with van der Waals surface area (Å²) in [6, 6.07) is 6.10. The van der Waals surface area contributed by atoms with Crippen molar-refractivity contribution in [2.24, 2.45) is 0 Å². The van der Waals surface area contributed by atoms with Crippen molar-refractivity contribution in [3.05, 3.63) is 28.2 Å². The molecule has 1 radical (unpaired) electrons. The van der Waals surface area contributed by atoms with Gasteiger partial charge in [0.15, 0.2) is 0 Å². The van der Waals surface area contributed by atoms with Gasteiger partial charge < -0.3 is 4.74 Å². The molecule has 0 amide bonds. The highest BCUT2D eigenvalue weighted by atomic mass is 35.5. The largest absolute Gasteiger partial charge is 0.496 e. The zero-order valence-corrected chi connectivity index (χ0v) is 6.83. The summed E-state index contributed by atoms with van der Waals surface area (Å²) >= 11 is 11.2. The molecule has 0 fully saturated rings. The first-order valence-electron chi connectivity index (χ1n) is 2.65. The summed E-state index contributed by atoms with van der Waals surface area (Å²) in [5.41, 5.74) is 0. The molecule has 0 unspecified atom stereocenters. The zero-order valence-electron chi connectivity index (χ0n) is 5.32. The number of halogens is 2. The highest BCUT2D eigenvalue weighted by molar-refractivity contribution is 6.41. The molecule has 1 aromatic carbocycles. The highest BCUT2D eigenvalue weighted by Crippen LogP contribution is 2.24. The lowest BCUT2D eigenvalue weighted by atomic mass is 10.3. The minimum Gasteiger partial charge on any atom is -0.496 e. The lowest BCUT2D eigenvalue weighted by Gasteiger charge is -1.98. The molecule has 0 aromatic heterocycles. The van der Waals surface area contributed by atoms with Crippen molar-refractivity contribution in [1.29, 1.82) is 0 Å². The van der Waals surface area contributed by atoms with E-state index in [1.807, 2.05) is 0 Å². The summed E-state index contributed by atoms with van der Waals surface area (Å²) in [6.07, 6.45) is 0. The number of ether oxygens (including phenoxy) is 1. The molecule has 0 spiro atoms. The van der Waals surface area contributed by atoms with Gasteiger partial charge in [-0.3, -0.25) is 0 Å². The Morgan fingerprint density at radius 1 is 1.40 bits per heavy atom. The van der Waals surface area contributed by atoms with Gasteiger partial charge in [0.2, 0.25) is 0 Å². The third-order valence-corrected chi connectivity index (χ3v) is 1.75. The molecule has 53 valence electrons. The van der Waals surface area contributed by atoms with E-state index in [1.165, 1.54) is 0 Å². The van der Waals surface area contributed by atoms with Gasteiger partial charge in [-0.1, -0.05) is 23.2 Å². The third kappa shape index (κ3) is 1.55. The maximum Gasteiger partial charge on any atom is 0.128 e. The summed E-state index contributed by atoms with van der Waals surface area (Å²) in [7, 11) is 1.55. The van der Waals surface area contributed by atoms with E-state index >= 15 is 0 Å². The molecule has 1 nitrogen and oxygen atoms in total. The first kappa shape index (κ1) is 7.70. The summed E-state index contributed by atoms with van der Waals surface area (Å²) in [4.78, 5) is 0. The Morgan fingerprint density at radius 3 is 2.60 bits per heavy atom. The fourth-order valence-corrected chi connectivity index (χ4v) is 0.817. The Balaban J connectivity index is 3.04. The van der Waals surface area contributed by atoms with Crippen LogP contribution in [0.3, 0.4) is 0 Å². The Labute approximate surface area is 69.5 Å². The number of hydrogen-bond acceptors (Lipinski definition) is 1. The maximum atomic E-state index is 5.63. The fraction of sp³-hybridized carbons (Fsp3) is 0.143. The van der Waals surface area contributed by atoms with Crippen LogP contribution in [0.2, 0.25) is 10.0 Å². The highest BCUT2D eigenvalue weighted by Gasteiger charge is 1.98. The van der Waals surface area contributed by atoms with E-state index in [4.69, 9.17) is 27.9 Å². The van der Waals surface area contributed by atoms with Gasteiger partial charge in [-0.15, -0.1) is 0 Å². The molecular formula is C7H5Cl2O. The summed E-state index contributed by atoms with van der Waals surface area (Å²) in [5, 5.41) is 0.878. The molecule has 0 saturated heterocycles. The van der Waals surface area contributed by atoms with Crippen LogP contribution in [0.5, 0.6) is 5.75 Å². The van der Waals surface area contributed by atoms with Crippen LogP contribution in [0.15, 0.2) is 12.1 Å². The minimum atomic E-state index is 0.390. The van der Waals surface area contributed by atoms with Gasteiger partial charge in [0.05, 0.1) is 17.2 Å². The van der Waals surface area contributed by atoms with Crippen molar-refractivity contribution in [3.63, 3.8) is 0 Å². The quantitative estimate of drug-likeness (QED) is 0.639. The Kier molecular flexibility index (Phi) is 2.41. The standard InChI is InChI=1S/C7H5Cl2O/c1-10-5-2-3-6(8)7(9)4-5/h2-3H,1H3. The molecule has 0 N–H and O–H groups in total. The predicted octanol–water partition coefficient (Wildman–Crippen LogP) is 2.80. The normalized spacial score (nSPS) is 9.50. The molecule has 0 bridgehead atoms. The van der Waals surface area contributed by atoms with Crippen LogP contribution < -0.4 is 4.74 Å². The van der Waals surface area contributed by atoms with Crippen LogP contribution in [0.1, 0.15) is 0 Å². The lowest BCUT2D eigenvalue weighted by Crippen LogP contribution is -1.81. The van der Waals surface area contributed by atoms with Crippen LogP contribution in [0, 0.1) is 6.07 Å². The van der Waals surface area contributed by atoms with Gasteiger partial charge in [0.1, 0.15) is 5.75 Å². The number of methoxy groups -OCH3 is 1. The Hall–Kier alpha value is -0.400.